The van der Waals surface area contributed by atoms with Crippen molar-refractivity contribution in [3.05, 3.63) is 91.0 Å². The largest absolute Gasteiger partial charge is 0.507 e. The molecule has 0 unspecified atom stereocenters. The van der Waals surface area contributed by atoms with Crippen molar-refractivity contribution in [1.82, 2.24) is 0 Å². The predicted molar refractivity (Wildman–Crippen MR) is 102 cm³/mol. The van der Waals surface area contributed by atoms with Gasteiger partial charge in [-0.15, -0.1) is 0 Å². The molecule has 0 aromatic heterocycles. The van der Waals surface area contributed by atoms with Gasteiger partial charge in [0.05, 0.1) is 11.4 Å². The van der Waals surface area contributed by atoms with Crippen LogP contribution >= 0.6 is 0 Å². The molecular formula is C22H16N2O. The van der Waals surface area contributed by atoms with Crippen LogP contribution in [0.15, 0.2) is 101 Å². The number of benzene rings is 4. The van der Waals surface area contributed by atoms with Crippen LogP contribution in [0, 0.1) is 0 Å². The molecule has 4 rings (SSSR count). The van der Waals surface area contributed by atoms with E-state index in [1.54, 1.807) is 6.07 Å². The highest BCUT2D eigenvalue weighted by molar-refractivity contribution is 5.99. The fraction of sp³-hybridized carbons (Fsp3) is 0. The Morgan fingerprint density at radius 2 is 1.20 bits per heavy atom. The molecule has 3 heteroatoms. The second-order valence-electron chi connectivity index (χ2n) is 5.76. The van der Waals surface area contributed by atoms with Crippen LogP contribution in [0.3, 0.4) is 0 Å². The van der Waals surface area contributed by atoms with Crippen molar-refractivity contribution in [1.29, 1.82) is 0 Å². The van der Waals surface area contributed by atoms with Crippen molar-refractivity contribution in [2.75, 3.05) is 0 Å². The summed E-state index contributed by atoms with van der Waals surface area (Å²) in [5, 5.41) is 21.0. The Kier molecular flexibility index (Phi) is 3.97. The number of azo groups is 1. The van der Waals surface area contributed by atoms with Crippen molar-refractivity contribution in [3.63, 3.8) is 0 Å². The fourth-order valence-corrected chi connectivity index (χ4v) is 2.87. The van der Waals surface area contributed by atoms with E-state index >= 15 is 0 Å². The van der Waals surface area contributed by atoms with E-state index in [-0.39, 0.29) is 5.75 Å². The summed E-state index contributed by atoms with van der Waals surface area (Å²) in [5.41, 5.74) is 3.38. The maximum Gasteiger partial charge on any atom is 0.124 e. The average Bonchev–Trinajstić information content (AvgIpc) is 2.68. The van der Waals surface area contributed by atoms with Gasteiger partial charge in [0.1, 0.15) is 5.75 Å². The van der Waals surface area contributed by atoms with Gasteiger partial charge in [-0.3, -0.25) is 0 Å². The first kappa shape index (κ1) is 15.1. The summed E-state index contributed by atoms with van der Waals surface area (Å²) in [7, 11) is 0. The summed E-state index contributed by atoms with van der Waals surface area (Å²) < 4.78 is 0. The van der Waals surface area contributed by atoms with E-state index in [1.165, 1.54) is 0 Å². The number of aromatic hydroxyl groups is 1. The quantitative estimate of drug-likeness (QED) is 0.422. The van der Waals surface area contributed by atoms with Crippen molar-refractivity contribution >= 4 is 22.1 Å². The number of hydrogen-bond acceptors (Lipinski definition) is 3. The Bertz CT molecular complexity index is 1040. The number of hydrogen-bond donors (Lipinski definition) is 1. The number of phenolic OH excluding ortho intramolecular Hbond substituents is 1. The highest BCUT2D eigenvalue weighted by Gasteiger charge is 2.09. The highest BCUT2D eigenvalue weighted by Crippen LogP contribution is 2.37. The maximum atomic E-state index is 10.3. The van der Waals surface area contributed by atoms with Crippen LogP contribution in [0.2, 0.25) is 0 Å². The molecule has 0 atom stereocenters. The van der Waals surface area contributed by atoms with Crippen LogP contribution in [0.1, 0.15) is 0 Å². The molecule has 3 nitrogen and oxygen atoms in total. The van der Waals surface area contributed by atoms with Gasteiger partial charge in [-0.25, -0.2) is 0 Å². The van der Waals surface area contributed by atoms with E-state index in [2.05, 4.69) is 10.2 Å². The molecule has 0 saturated carbocycles. The molecule has 0 fully saturated rings. The summed E-state index contributed by atoms with van der Waals surface area (Å²) in [5.74, 6) is 0.275. The van der Waals surface area contributed by atoms with Crippen LogP contribution in [0.4, 0.5) is 11.4 Å². The molecule has 0 aliphatic rings. The van der Waals surface area contributed by atoms with E-state index in [9.17, 15) is 5.11 Å². The summed E-state index contributed by atoms with van der Waals surface area (Å²) in [6, 6.07) is 29.1. The van der Waals surface area contributed by atoms with Gasteiger partial charge in [0, 0.05) is 5.56 Å². The van der Waals surface area contributed by atoms with Gasteiger partial charge in [-0.05, 0) is 46.7 Å². The van der Waals surface area contributed by atoms with E-state index < -0.39 is 0 Å². The summed E-state index contributed by atoms with van der Waals surface area (Å²) in [4.78, 5) is 0. The minimum absolute atomic E-state index is 0.275. The van der Waals surface area contributed by atoms with Crippen LogP contribution in [0.25, 0.3) is 21.9 Å². The molecule has 1 N–H and O–H groups in total. The molecule has 0 bridgehead atoms. The minimum atomic E-state index is 0.275. The molecule has 0 aliphatic carbocycles. The van der Waals surface area contributed by atoms with E-state index in [0.717, 1.165) is 33.3 Å². The van der Waals surface area contributed by atoms with Gasteiger partial charge < -0.3 is 5.11 Å². The number of fused-ring (bicyclic) bond motifs is 1. The lowest BCUT2D eigenvalue weighted by atomic mass is 9.97. The molecular weight excluding hydrogens is 308 g/mol. The molecule has 0 amide bonds. The smallest absolute Gasteiger partial charge is 0.124 e. The lowest BCUT2D eigenvalue weighted by molar-refractivity contribution is 0.478. The molecule has 25 heavy (non-hydrogen) atoms. The van der Waals surface area contributed by atoms with Gasteiger partial charge in [0.2, 0.25) is 0 Å². The van der Waals surface area contributed by atoms with Gasteiger partial charge in [-0.2, -0.15) is 10.2 Å². The fourth-order valence-electron chi connectivity index (χ4n) is 2.87. The van der Waals surface area contributed by atoms with Crippen LogP contribution < -0.4 is 0 Å². The van der Waals surface area contributed by atoms with Crippen molar-refractivity contribution in [2.45, 2.75) is 0 Å². The Balaban J connectivity index is 1.69. The van der Waals surface area contributed by atoms with Crippen LogP contribution in [0.5, 0.6) is 5.75 Å². The number of rotatable bonds is 3. The second-order valence-corrected chi connectivity index (χ2v) is 5.76. The van der Waals surface area contributed by atoms with Gasteiger partial charge >= 0.3 is 0 Å². The molecule has 4 aromatic rings. The molecule has 4 aromatic carbocycles. The lowest BCUT2D eigenvalue weighted by Crippen LogP contribution is -1.82. The Morgan fingerprint density at radius 1 is 0.560 bits per heavy atom. The van der Waals surface area contributed by atoms with Crippen molar-refractivity contribution in [3.8, 4) is 16.9 Å². The first-order valence-corrected chi connectivity index (χ1v) is 8.09. The second kappa shape index (κ2) is 6.57. The molecule has 0 saturated heterocycles. The molecule has 120 valence electrons. The summed E-state index contributed by atoms with van der Waals surface area (Å²) in [6.45, 7) is 0. The standard InChI is InChI=1S/C22H16N2O/c25-21-15-12-16-6-4-5-9-20(16)22(21)17-10-13-19(14-11-17)24-23-18-7-2-1-3-8-18/h1-15,25H/b24-23+. The molecule has 0 spiro atoms. The number of nitrogens with zero attached hydrogens (tertiary/aromatic N) is 2. The summed E-state index contributed by atoms with van der Waals surface area (Å²) in [6.07, 6.45) is 0. The summed E-state index contributed by atoms with van der Waals surface area (Å²) >= 11 is 0. The Hall–Kier alpha value is -3.46. The molecule has 0 heterocycles. The number of phenols is 1. The normalized spacial score (nSPS) is 11.2. The highest BCUT2D eigenvalue weighted by atomic mass is 16.3. The Labute approximate surface area is 145 Å². The van der Waals surface area contributed by atoms with Crippen LogP contribution in [-0.4, -0.2) is 5.11 Å². The molecule has 0 radical (unpaired) electrons. The zero-order valence-corrected chi connectivity index (χ0v) is 13.5. The third kappa shape index (κ3) is 3.12. The van der Waals surface area contributed by atoms with E-state index in [4.69, 9.17) is 0 Å². The van der Waals surface area contributed by atoms with Crippen molar-refractivity contribution < 1.29 is 5.11 Å². The Morgan fingerprint density at radius 3 is 1.96 bits per heavy atom. The minimum Gasteiger partial charge on any atom is -0.507 e. The molecule has 0 aliphatic heterocycles. The zero-order valence-electron chi connectivity index (χ0n) is 13.5. The third-order valence-corrected chi connectivity index (χ3v) is 4.10. The maximum absolute atomic E-state index is 10.3. The first-order valence-electron chi connectivity index (χ1n) is 8.09. The topological polar surface area (TPSA) is 45.0 Å². The van der Waals surface area contributed by atoms with Gasteiger partial charge in [0.15, 0.2) is 0 Å². The predicted octanol–water partition coefficient (Wildman–Crippen LogP) is 6.63. The monoisotopic (exact) mass is 324 g/mol. The van der Waals surface area contributed by atoms with E-state index in [0.29, 0.717) is 0 Å². The average molecular weight is 324 g/mol. The van der Waals surface area contributed by atoms with E-state index in [1.807, 2.05) is 84.9 Å². The van der Waals surface area contributed by atoms with Crippen molar-refractivity contribution in [2.24, 2.45) is 10.2 Å². The lowest BCUT2D eigenvalue weighted by Gasteiger charge is -2.09. The SMILES string of the molecule is Oc1ccc2ccccc2c1-c1ccc(/N=N/c2ccccc2)cc1. The van der Waals surface area contributed by atoms with Gasteiger partial charge in [-0.1, -0.05) is 60.7 Å². The zero-order chi connectivity index (χ0) is 17.1. The van der Waals surface area contributed by atoms with Crippen LogP contribution in [-0.2, 0) is 0 Å². The third-order valence-electron chi connectivity index (χ3n) is 4.10. The van der Waals surface area contributed by atoms with Gasteiger partial charge in [0.25, 0.3) is 0 Å². The first-order chi connectivity index (χ1) is 12.3.